The van der Waals surface area contributed by atoms with Gasteiger partial charge >= 0.3 is 5.97 Å². The minimum Gasteiger partial charge on any atom is -0.493 e. The Bertz CT molecular complexity index is 464. The zero-order chi connectivity index (χ0) is 14.6. The van der Waals surface area contributed by atoms with Gasteiger partial charge in [0.05, 0.1) is 20.1 Å². The van der Waals surface area contributed by atoms with Gasteiger partial charge in [0.25, 0.3) is 0 Å². The molecule has 1 aromatic rings. The number of methoxy groups -OCH3 is 2. The van der Waals surface area contributed by atoms with Crippen LogP contribution in [-0.4, -0.2) is 25.3 Å². The summed E-state index contributed by atoms with van der Waals surface area (Å²) in [5, 5.41) is 9.17. The fourth-order valence-electron chi connectivity index (χ4n) is 1.92. The molecule has 2 unspecified atom stereocenters. The van der Waals surface area contributed by atoms with Crippen LogP contribution in [-0.2, 0) is 4.79 Å². The molecule has 6 heteroatoms. The highest BCUT2D eigenvalue weighted by molar-refractivity contribution is 9.10. The maximum absolute atomic E-state index is 11.2. The molecule has 19 heavy (non-hydrogen) atoms. The Kier molecular flexibility index (Phi) is 5.62. The smallest absolute Gasteiger partial charge is 0.308 e. The molecule has 0 bridgehead atoms. The Labute approximate surface area is 120 Å². The second kappa shape index (κ2) is 6.77. The fourth-order valence-corrected chi connectivity index (χ4v) is 2.51. The fraction of sp³-hybridized carbons (Fsp3) is 0.462. The van der Waals surface area contributed by atoms with Crippen LogP contribution in [0.1, 0.15) is 24.9 Å². The molecule has 0 spiro atoms. The van der Waals surface area contributed by atoms with Crippen molar-refractivity contribution in [3.63, 3.8) is 0 Å². The third-order valence-corrected chi connectivity index (χ3v) is 3.74. The number of aliphatic carboxylic acids is 1. The molecule has 106 valence electrons. The summed E-state index contributed by atoms with van der Waals surface area (Å²) in [6.45, 7) is 1.80. The first-order valence-corrected chi connectivity index (χ1v) is 6.65. The van der Waals surface area contributed by atoms with Gasteiger partial charge in [0.15, 0.2) is 11.5 Å². The van der Waals surface area contributed by atoms with E-state index in [2.05, 4.69) is 15.9 Å². The first-order chi connectivity index (χ1) is 8.96. The van der Waals surface area contributed by atoms with Crippen LogP contribution in [0.15, 0.2) is 16.6 Å². The topological polar surface area (TPSA) is 81.8 Å². The lowest BCUT2D eigenvalue weighted by atomic mass is 9.91. The third-order valence-electron chi connectivity index (χ3n) is 3.05. The third kappa shape index (κ3) is 3.39. The van der Waals surface area contributed by atoms with Gasteiger partial charge in [-0.2, -0.15) is 0 Å². The Morgan fingerprint density at radius 3 is 2.32 bits per heavy atom. The summed E-state index contributed by atoms with van der Waals surface area (Å²) in [5.74, 6) is -0.462. The number of ether oxygens (including phenoxy) is 2. The van der Waals surface area contributed by atoms with Crippen molar-refractivity contribution in [1.29, 1.82) is 0 Å². The summed E-state index contributed by atoms with van der Waals surface area (Å²) in [4.78, 5) is 11.2. The van der Waals surface area contributed by atoms with Crippen LogP contribution in [0, 0.1) is 5.92 Å². The van der Waals surface area contributed by atoms with Crippen molar-refractivity contribution in [2.24, 2.45) is 11.7 Å². The summed E-state index contributed by atoms with van der Waals surface area (Å²) in [5.41, 5.74) is 6.75. The predicted octanol–water partition coefficient (Wildman–Crippen LogP) is 2.58. The van der Waals surface area contributed by atoms with E-state index in [0.29, 0.717) is 28.0 Å². The van der Waals surface area contributed by atoms with Gasteiger partial charge in [-0.3, -0.25) is 4.79 Å². The lowest BCUT2D eigenvalue weighted by Gasteiger charge is -2.21. The lowest BCUT2D eigenvalue weighted by Crippen LogP contribution is -2.28. The number of halogens is 1. The van der Waals surface area contributed by atoms with Crippen LogP contribution in [0.4, 0.5) is 0 Å². The number of benzene rings is 1. The Hall–Kier alpha value is -1.27. The Morgan fingerprint density at radius 2 is 1.89 bits per heavy atom. The number of rotatable bonds is 6. The average Bonchev–Trinajstić information content (AvgIpc) is 2.38. The van der Waals surface area contributed by atoms with E-state index in [1.54, 1.807) is 19.1 Å². The van der Waals surface area contributed by atoms with Crippen molar-refractivity contribution in [2.45, 2.75) is 19.4 Å². The molecule has 1 aromatic carbocycles. The van der Waals surface area contributed by atoms with Crippen LogP contribution in [0.2, 0.25) is 0 Å². The van der Waals surface area contributed by atoms with Gasteiger partial charge in [0.1, 0.15) is 0 Å². The molecule has 0 aliphatic rings. The van der Waals surface area contributed by atoms with E-state index in [-0.39, 0.29) is 0 Å². The SMILES string of the molecule is CCC(C(=O)O)C(N)c1cc(OC)c(OC)cc1Br. The minimum atomic E-state index is -0.906. The molecule has 0 aliphatic carbocycles. The molecule has 2 atom stereocenters. The number of nitrogens with two attached hydrogens (primary N) is 1. The van der Waals surface area contributed by atoms with Gasteiger partial charge in [-0.15, -0.1) is 0 Å². The lowest BCUT2D eigenvalue weighted by molar-refractivity contribution is -0.142. The number of carbonyl (C=O) groups is 1. The van der Waals surface area contributed by atoms with E-state index in [0.717, 1.165) is 0 Å². The molecule has 0 radical (unpaired) electrons. The quantitative estimate of drug-likeness (QED) is 0.837. The number of carboxylic acids is 1. The van der Waals surface area contributed by atoms with E-state index in [4.69, 9.17) is 15.2 Å². The molecular formula is C13H18BrNO4. The second-order valence-corrected chi connectivity index (χ2v) is 4.96. The highest BCUT2D eigenvalue weighted by Crippen LogP contribution is 2.37. The van der Waals surface area contributed by atoms with Crippen molar-refractivity contribution in [1.82, 2.24) is 0 Å². The highest BCUT2D eigenvalue weighted by Gasteiger charge is 2.27. The minimum absolute atomic E-state index is 0.456. The molecule has 1 rings (SSSR count). The van der Waals surface area contributed by atoms with Crippen LogP contribution < -0.4 is 15.2 Å². The Morgan fingerprint density at radius 1 is 1.37 bits per heavy atom. The summed E-state index contributed by atoms with van der Waals surface area (Å²) >= 11 is 3.39. The van der Waals surface area contributed by atoms with Crippen molar-refractivity contribution < 1.29 is 19.4 Å². The van der Waals surface area contributed by atoms with Gasteiger partial charge in [0.2, 0.25) is 0 Å². The van der Waals surface area contributed by atoms with Crippen molar-refractivity contribution in [2.75, 3.05) is 14.2 Å². The van der Waals surface area contributed by atoms with Gasteiger partial charge in [-0.25, -0.2) is 0 Å². The van der Waals surface area contributed by atoms with E-state index in [1.807, 2.05) is 0 Å². The van der Waals surface area contributed by atoms with Crippen molar-refractivity contribution in [3.05, 3.63) is 22.2 Å². The second-order valence-electron chi connectivity index (χ2n) is 4.11. The summed E-state index contributed by atoms with van der Waals surface area (Å²) in [6.07, 6.45) is 0.456. The highest BCUT2D eigenvalue weighted by atomic mass is 79.9. The van der Waals surface area contributed by atoms with Crippen LogP contribution >= 0.6 is 15.9 Å². The zero-order valence-electron chi connectivity index (χ0n) is 11.1. The summed E-state index contributed by atoms with van der Waals surface area (Å²) in [6, 6.07) is 2.82. The molecule has 3 N–H and O–H groups in total. The van der Waals surface area contributed by atoms with E-state index < -0.39 is 17.9 Å². The van der Waals surface area contributed by atoms with Crippen LogP contribution in [0.3, 0.4) is 0 Å². The molecule has 0 saturated heterocycles. The number of hydrogen-bond donors (Lipinski definition) is 2. The molecule has 0 heterocycles. The largest absolute Gasteiger partial charge is 0.493 e. The molecule has 0 aromatic heterocycles. The van der Waals surface area contributed by atoms with Gasteiger partial charge in [-0.05, 0) is 24.1 Å². The predicted molar refractivity (Wildman–Crippen MR) is 75.6 cm³/mol. The standard InChI is InChI=1S/C13H18BrNO4/c1-4-7(13(16)17)12(15)8-5-10(18-2)11(19-3)6-9(8)14/h5-7,12H,4,15H2,1-3H3,(H,16,17). The molecular weight excluding hydrogens is 314 g/mol. The van der Waals surface area contributed by atoms with E-state index in [9.17, 15) is 9.90 Å². The maximum atomic E-state index is 11.2. The molecule has 0 fully saturated rings. The zero-order valence-corrected chi connectivity index (χ0v) is 12.7. The summed E-state index contributed by atoms with van der Waals surface area (Å²) in [7, 11) is 3.06. The molecule has 0 amide bonds. The average molecular weight is 332 g/mol. The van der Waals surface area contributed by atoms with Gasteiger partial charge in [-0.1, -0.05) is 22.9 Å². The first kappa shape index (κ1) is 15.8. The maximum Gasteiger partial charge on any atom is 0.308 e. The number of hydrogen-bond acceptors (Lipinski definition) is 4. The van der Waals surface area contributed by atoms with Crippen molar-refractivity contribution >= 4 is 21.9 Å². The molecule has 0 saturated carbocycles. The van der Waals surface area contributed by atoms with Gasteiger partial charge in [0, 0.05) is 10.5 Å². The van der Waals surface area contributed by atoms with Crippen LogP contribution in [0.5, 0.6) is 11.5 Å². The number of carboxylic acid groups (broad SMARTS) is 1. The normalized spacial score (nSPS) is 13.7. The van der Waals surface area contributed by atoms with Gasteiger partial charge < -0.3 is 20.3 Å². The van der Waals surface area contributed by atoms with E-state index >= 15 is 0 Å². The first-order valence-electron chi connectivity index (χ1n) is 5.86. The van der Waals surface area contributed by atoms with Crippen LogP contribution in [0.25, 0.3) is 0 Å². The summed E-state index contributed by atoms with van der Waals surface area (Å²) < 4.78 is 11.1. The Balaban J connectivity index is 3.22. The monoisotopic (exact) mass is 331 g/mol. The van der Waals surface area contributed by atoms with Crippen molar-refractivity contribution in [3.8, 4) is 11.5 Å². The van der Waals surface area contributed by atoms with E-state index in [1.165, 1.54) is 14.2 Å². The molecule has 5 nitrogen and oxygen atoms in total. The molecule has 0 aliphatic heterocycles.